The number of anilines is 2. The molecule has 0 radical (unpaired) electrons. The Bertz CT molecular complexity index is 1080. The van der Waals surface area contributed by atoms with Gasteiger partial charge in [0, 0.05) is 18.0 Å². The van der Waals surface area contributed by atoms with Crippen LogP contribution >= 0.6 is 11.8 Å². The number of carboxylic acid groups (broad SMARTS) is 1. The fourth-order valence-electron chi connectivity index (χ4n) is 2.95. The van der Waals surface area contributed by atoms with E-state index >= 15 is 0 Å². The van der Waals surface area contributed by atoms with Gasteiger partial charge in [-0.3, -0.25) is 14.5 Å². The molecule has 4 rings (SSSR count). The van der Waals surface area contributed by atoms with Crippen molar-refractivity contribution in [3.8, 4) is 5.75 Å². The van der Waals surface area contributed by atoms with Crippen LogP contribution in [0.25, 0.3) is 0 Å². The van der Waals surface area contributed by atoms with Gasteiger partial charge in [0.05, 0.1) is 16.6 Å². The van der Waals surface area contributed by atoms with Crippen LogP contribution in [-0.4, -0.2) is 39.0 Å². The predicted octanol–water partition coefficient (Wildman–Crippen LogP) is 0.693. The highest BCUT2D eigenvalue weighted by Crippen LogP contribution is 2.34. The summed E-state index contributed by atoms with van der Waals surface area (Å²) in [6, 6.07) is 12.8. The molecule has 1 saturated heterocycles. The number of para-hydroxylation sites is 1. The normalized spacial score (nSPS) is 21.0. The maximum absolute atomic E-state index is 12.7. The molecule has 2 N–H and O–H groups in total. The largest absolute Gasteiger partial charge is 0.550 e. The Labute approximate surface area is 168 Å². The van der Waals surface area contributed by atoms with Crippen molar-refractivity contribution in [2.45, 2.75) is 11.7 Å². The van der Waals surface area contributed by atoms with E-state index in [2.05, 4.69) is 15.5 Å². The van der Waals surface area contributed by atoms with Gasteiger partial charge in [-0.15, -0.1) is 10.2 Å². The number of aliphatic carboxylic acids is 1. The van der Waals surface area contributed by atoms with Crippen LogP contribution in [0.5, 0.6) is 5.75 Å². The molecule has 2 aromatic carbocycles. The van der Waals surface area contributed by atoms with Gasteiger partial charge in [0.1, 0.15) is 5.75 Å². The van der Waals surface area contributed by atoms with Crippen LogP contribution in [0.4, 0.5) is 11.4 Å². The number of carboxylic acids is 1. The lowest BCUT2D eigenvalue weighted by molar-refractivity contribution is -0.305. The summed E-state index contributed by atoms with van der Waals surface area (Å²) in [4.78, 5) is 37.1. The standard InChI is InChI=1S/C19H14N4O5S/c24-11-7-5-10(6-8-11)23-18(28)14(9-15(25)26)29-19(23)22-21-16-12-3-1-2-4-13(12)20-17(16)27/h1-8,14,24H,9H2,(H,25,26)(H,20,21,27)/p-1/b22-19-/t14-/m1/s1. The first-order valence-corrected chi connectivity index (χ1v) is 9.38. The zero-order valence-electron chi connectivity index (χ0n) is 14.7. The molecule has 10 heteroatoms. The third-order valence-corrected chi connectivity index (χ3v) is 5.40. The van der Waals surface area contributed by atoms with Crippen LogP contribution < -0.4 is 15.3 Å². The Hall–Kier alpha value is -3.66. The minimum absolute atomic E-state index is 0.0114. The number of rotatable bonds is 4. The first-order chi connectivity index (χ1) is 13.9. The van der Waals surface area contributed by atoms with Crippen molar-refractivity contribution < 1.29 is 24.6 Å². The summed E-state index contributed by atoms with van der Waals surface area (Å²) in [5.74, 6) is -2.28. The van der Waals surface area contributed by atoms with E-state index < -0.39 is 29.5 Å². The number of hydrogen-bond donors (Lipinski definition) is 2. The van der Waals surface area contributed by atoms with Crippen molar-refractivity contribution in [3.63, 3.8) is 0 Å². The molecular weight excluding hydrogens is 396 g/mol. The van der Waals surface area contributed by atoms with E-state index in [9.17, 15) is 24.6 Å². The number of nitrogens with one attached hydrogen (secondary N) is 1. The van der Waals surface area contributed by atoms with E-state index in [-0.39, 0.29) is 16.6 Å². The minimum Gasteiger partial charge on any atom is -0.550 e. The van der Waals surface area contributed by atoms with E-state index in [1.807, 2.05) is 0 Å². The maximum Gasteiger partial charge on any atom is 0.276 e. The number of thioether (sulfide) groups is 1. The first-order valence-electron chi connectivity index (χ1n) is 8.50. The highest BCUT2D eigenvalue weighted by molar-refractivity contribution is 8.16. The molecule has 0 spiro atoms. The van der Waals surface area contributed by atoms with Gasteiger partial charge in [-0.25, -0.2) is 0 Å². The SMILES string of the molecule is O=C([O-])C[C@H]1S/C(=N\N=C2/C(=O)Nc3ccccc32)N(c2ccc(O)cc2)C1=O. The Morgan fingerprint density at radius 3 is 2.59 bits per heavy atom. The van der Waals surface area contributed by atoms with Crippen molar-refractivity contribution in [1.29, 1.82) is 0 Å². The van der Waals surface area contributed by atoms with Gasteiger partial charge < -0.3 is 20.3 Å². The number of benzene rings is 2. The molecule has 146 valence electrons. The summed E-state index contributed by atoms with van der Waals surface area (Å²) in [5.41, 5.74) is 1.67. The quantitative estimate of drug-likeness (QED) is 0.714. The maximum atomic E-state index is 12.7. The molecule has 0 bridgehead atoms. The number of phenolic OH excluding ortho intramolecular Hbond substituents is 1. The van der Waals surface area contributed by atoms with Crippen LogP contribution in [0.2, 0.25) is 0 Å². The number of amidine groups is 1. The van der Waals surface area contributed by atoms with Crippen LogP contribution in [0.3, 0.4) is 0 Å². The lowest BCUT2D eigenvalue weighted by Gasteiger charge is -2.16. The molecule has 2 aliphatic rings. The van der Waals surface area contributed by atoms with Gasteiger partial charge >= 0.3 is 0 Å². The summed E-state index contributed by atoms with van der Waals surface area (Å²) >= 11 is 0.924. The highest BCUT2D eigenvalue weighted by atomic mass is 32.2. The Kier molecular flexibility index (Phi) is 4.77. The third kappa shape index (κ3) is 3.57. The number of fused-ring (bicyclic) bond motifs is 1. The molecular formula is C19H13N4O5S-. The van der Waals surface area contributed by atoms with E-state index in [1.165, 1.54) is 29.2 Å². The Morgan fingerprint density at radius 1 is 1.14 bits per heavy atom. The predicted molar refractivity (Wildman–Crippen MR) is 106 cm³/mol. The second-order valence-corrected chi connectivity index (χ2v) is 7.37. The van der Waals surface area contributed by atoms with Gasteiger partial charge in [0.25, 0.3) is 5.91 Å². The van der Waals surface area contributed by atoms with Crippen molar-refractivity contribution in [1.82, 2.24) is 0 Å². The van der Waals surface area contributed by atoms with E-state index in [4.69, 9.17) is 0 Å². The molecule has 0 aliphatic carbocycles. The second-order valence-electron chi connectivity index (χ2n) is 6.20. The molecule has 2 heterocycles. The topological polar surface area (TPSA) is 134 Å². The van der Waals surface area contributed by atoms with Gasteiger partial charge in [0.2, 0.25) is 5.91 Å². The van der Waals surface area contributed by atoms with Crippen LogP contribution in [-0.2, 0) is 14.4 Å². The zero-order chi connectivity index (χ0) is 20.5. The average molecular weight is 409 g/mol. The number of nitrogens with zero attached hydrogens (tertiary/aromatic N) is 3. The Morgan fingerprint density at radius 2 is 1.86 bits per heavy atom. The number of carbonyl (C=O) groups is 3. The molecule has 2 amide bonds. The highest BCUT2D eigenvalue weighted by Gasteiger charge is 2.39. The summed E-state index contributed by atoms with van der Waals surface area (Å²) in [6.45, 7) is 0. The molecule has 0 aromatic heterocycles. The van der Waals surface area contributed by atoms with Gasteiger partial charge in [-0.2, -0.15) is 0 Å². The monoisotopic (exact) mass is 409 g/mol. The van der Waals surface area contributed by atoms with Crippen molar-refractivity contribution in [2.75, 3.05) is 10.2 Å². The third-order valence-electron chi connectivity index (χ3n) is 4.28. The lowest BCUT2D eigenvalue weighted by atomic mass is 10.1. The summed E-state index contributed by atoms with van der Waals surface area (Å²) in [7, 11) is 0. The van der Waals surface area contributed by atoms with Crippen molar-refractivity contribution in [2.24, 2.45) is 10.2 Å². The molecule has 2 aromatic rings. The van der Waals surface area contributed by atoms with Gasteiger partial charge in [-0.1, -0.05) is 30.0 Å². The van der Waals surface area contributed by atoms with Crippen LogP contribution in [0.15, 0.2) is 58.7 Å². The Balaban J connectivity index is 1.73. The minimum atomic E-state index is -1.36. The molecule has 9 nitrogen and oxygen atoms in total. The molecule has 29 heavy (non-hydrogen) atoms. The summed E-state index contributed by atoms with van der Waals surface area (Å²) < 4.78 is 0. The second kappa shape index (κ2) is 7.40. The van der Waals surface area contributed by atoms with Crippen molar-refractivity contribution >= 4 is 51.8 Å². The number of phenols is 1. The zero-order valence-corrected chi connectivity index (χ0v) is 15.5. The van der Waals surface area contributed by atoms with Gasteiger partial charge in [0.15, 0.2) is 10.9 Å². The van der Waals surface area contributed by atoms with E-state index in [0.717, 1.165) is 11.8 Å². The molecule has 2 aliphatic heterocycles. The number of hydrogen-bond acceptors (Lipinski definition) is 8. The molecule has 1 atom stereocenters. The van der Waals surface area contributed by atoms with E-state index in [1.54, 1.807) is 24.3 Å². The molecule has 0 unspecified atom stereocenters. The first kappa shape index (κ1) is 18.7. The van der Waals surface area contributed by atoms with Gasteiger partial charge in [-0.05, 0) is 30.3 Å². The number of aromatic hydroxyl groups is 1. The van der Waals surface area contributed by atoms with E-state index in [0.29, 0.717) is 16.9 Å². The number of amides is 2. The molecule has 1 fully saturated rings. The summed E-state index contributed by atoms with van der Waals surface area (Å²) in [5, 5.41) is 30.5. The lowest BCUT2D eigenvalue weighted by Crippen LogP contribution is -2.35. The fourth-order valence-corrected chi connectivity index (χ4v) is 4.02. The van der Waals surface area contributed by atoms with Crippen LogP contribution in [0.1, 0.15) is 12.0 Å². The smallest absolute Gasteiger partial charge is 0.276 e. The van der Waals surface area contributed by atoms with Crippen molar-refractivity contribution in [3.05, 3.63) is 54.1 Å². The fraction of sp³-hybridized carbons (Fsp3) is 0.105. The number of carbonyl (C=O) groups excluding carboxylic acids is 3. The van der Waals surface area contributed by atoms with Crippen LogP contribution in [0, 0.1) is 0 Å². The molecule has 0 saturated carbocycles. The summed E-state index contributed by atoms with van der Waals surface area (Å²) in [6.07, 6.45) is -0.489. The average Bonchev–Trinajstić information content (AvgIpc) is 3.16.